The maximum atomic E-state index is 13.2. The molecule has 0 bridgehead atoms. The summed E-state index contributed by atoms with van der Waals surface area (Å²) in [6.07, 6.45) is 0.701. The van der Waals surface area contributed by atoms with Crippen LogP contribution in [0.5, 0.6) is 5.75 Å². The summed E-state index contributed by atoms with van der Waals surface area (Å²) in [5, 5.41) is 9.68. The molecule has 0 aliphatic carbocycles. The van der Waals surface area contributed by atoms with E-state index < -0.39 is 21.5 Å². The largest absolute Gasteiger partial charge is 0.496 e. The van der Waals surface area contributed by atoms with Crippen molar-refractivity contribution in [2.75, 3.05) is 27.4 Å². The lowest BCUT2D eigenvalue weighted by Crippen LogP contribution is -2.56. The van der Waals surface area contributed by atoms with Crippen molar-refractivity contribution in [2.24, 2.45) is 0 Å². The number of carbonyl (C=O) groups is 1. The molecule has 1 aromatic rings. The number of aryl methyl sites for hydroxylation is 2. The molecule has 1 unspecified atom stereocenters. The normalized spacial score (nSPS) is 21.8. The Balaban J connectivity index is 2.58. The van der Waals surface area contributed by atoms with Gasteiger partial charge in [0, 0.05) is 13.7 Å². The van der Waals surface area contributed by atoms with E-state index in [4.69, 9.17) is 9.47 Å². The number of sulfonamides is 1. The van der Waals surface area contributed by atoms with Gasteiger partial charge in [0.2, 0.25) is 10.0 Å². The molecule has 1 heterocycles. The zero-order chi connectivity index (χ0) is 18.1. The van der Waals surface area contributed by atoms with E-state index in [2.05, 4.69) is 0 Å². The Bertz CT molecular complexity index is 745. The minimum Gasteiger partial charge on any atom is -0.496 e. The van der Waals surface area contributed by atoms with Gasteiger partial charge in [0.15, 0.2) is 5.54 Å². The summed E-state index contributed by atoms with van der Waals surface area (Å²) in [5.74, 6) is -0.595. The monoisotopic (exact) mass is 357 g/mol. The van der Waals surface area contributed by atoms with Gasteiger partial charge in [-0.05, 0) is 49.9 Å². The second kappa shape index (κ2) is 6.70. The highest BCUT2D eigenvalue weighted by atomic mass is 32.2. The number of ether oxygens (including phenoxy) is 2. The minimum absolute atomic E-state index is 0.101. The number of rotatable bonds is 6. The predicted octanol–water partition coefficient (Wildman–Crippen LogP) is 1.57. The number of benzene rings is 1. The molecule has 0 aromatic heterocycles. The first kappa shape index (κ1) is 18.7. The quantitative estimate of drug-likeness (QED) is 0.831. The van der Waals surface area contributed by atoms with Crippen LogP contribution in [0.3, 0.4) is 0 Å². The fraction of sp³-hybridized carbons (Fsp3) is 0.562. The molecule has 1 aliphatic heterocycles. The molecule has 2 rings (SSSR count). The summed E-state index contributed by atoms with van der Waals surface area (Å²) in [7, 11) is -1.08. The molecule has 1 fully saturated rings. The van der Waals surface area contributed by atoms with Crippen LogP contribution in [0.1, 0.15) is 24.0 Å². The first-order valence-corrected chi connectivity index (χ1v) is 9.05. The topological polar surface area (TPSA) is 93.1 Å². The number of nitrogens with zero attached hydrogens (tertiary/aromatic N) is 1. The molecule has 1 atom stereocenters. The van der Waals surface area contributed by atoms with Gasteiger partial charge in [-0.1, -0.05) is 0 Å². The third-order valence-corrected chi connectivity index (χ3v) is 6.58. The minimum atomic E-state index is -3.97. The van der Waals surface area contributed by atoms with Crippen molar-refractivity contribution in [3.05, 3.63) is 23.3 Å². The van der Waals surface area contributed by atoms with E-state index in [1.807, 2.05) is 0 Å². The van der Waals surface area contributed by atoms with Crippen LogP contribution in [0.25, 0.3) is 0 Å². The van der Waals surface area contributed by atoms with Crippen LogP contribution in [-0.2, 0) is 19.6 Å². The van der Waals surface area contributed by atoms with Crippen molar-refractivity contribution >= 4 is 16.0 Å². The molecule has 8 heteroatoms. The van der Waals surface area contributed by atoms with Crippen molar-refractivity contribution in [3.8, 4) is 5.75 Å². The lowest BCUT2D eigenvalue weighted by Gasteiger charge is -2.33. The summed E-state index contributed by atoms with van der Waals surface area (Å²) in [5.41, 5.74) is -0.372. The second-order valence-electron chi connectivity index (χ2n) is 6.04. The van der Waals surface area contributed by atoms with Gasteiger partial charge < -0.3 is 14.6 Å². The summed E-state index contributed by atoms with van der Waals surface area (Å²) >= 11 is 0. The predicted molar refractivity (Wildman–Crippen MR) is 87.8 cm³/mol. The van der Waals surface area contributed by atoms with Crippen LogP contribution >= 0.6 is 0 Å². The van der Waals surface area contributed by atoms with Gasteiger partial charge in [-0.3, -0.25) is 4.79 Å². The SMILES string of the molecule is COCC1(C(=O)O)CCCN1S(=O)(=O)c1cc(C)c(OC)cc1C. The average molecular weight is 357 g/mol. The molecule has 24 heavy (non-hydrogen) atoms. The Morgan fingerprint density at radius 1 is 1.29 bits per heavy atom. The third-order valence-electron chi connectivity index (χ3n) is 4.47. The zero-order valence-corrected chi connectivity index (χ0v) is 15.1. The fourth-order valence-corrected chi connectivity index (χ4v) is 5.32. The molecule has 1 N–H and O–H groups in total. The van der Waals surface area contributed by atoms with E-state index in [9.17, 15) is 18.3 Å². The highest BCUT2D eigenvalue weighted by molar-refractivity contribution is 7.89. The molecule has 134 valence electrons. The third kappa shape index (κ3) is 2.89. The second-order valence-corrected chi connectivity index (χ2v) is 7.87. The maximum absolute atomic E-state index is 13.2. The van der Waals surface area contributed by atoms with E-state index in [-0.39, 0.29) is 24.5 Å². The molecule has 7 nitrogen and oxygen atoms in total. The van der Waals surface area contributed by atoms with Crippen LogP contribution in [0, 0.1) is 13.8 Å². The lowest BCUT2D eigenvalue weighted by molar-refractivity contribution is -0.150. The molecule has 1 aliphatic rings. The van der Waals surface area contributed by atoms with E-state index in [1.165, 1.54) is 20.3 Å². The average Bonchev–Trinajstić information content (AvgIpc) is 2.95. The lowest BCUT2D eigenvalue weighted by atomic mass is 9.99. The number of hydrogen-bond acceptors (Lipinski definition) is 5. The molecule has 0 saturated carbocycles. The van der Waals surface area contributed by atoms with Gasteiger partial charge in [-0.2, -0.15) is 4.31 Å². The van der Waals surface area contributed by atoms with Crippen molar-refractivity contribution in [2.45, 2.75) is 37.1 Å². The van der Waals surface area contributed by atoms with Gasteiger partial charge in [0.05, 0.1) is 18.6 Å². The van der Waals surface area contributed by atoms with Gasteiger partial charge in [0.25, 0.3) is 0 Å². The van der Waals surface area contributed by atoms with Crippen LogP contribution in [0.15, 0.2) is 17.0 Å². The van der Waals surface area contributed by atoms with Gasteiger partial charge in [-0.15, -0.1) is 0 Å². The zero-order valence-electron chi connectivity index (χ0n) is 14.3. The molecule has 0 radical (unpaired) electrons. The van der Waals surface area contributed by atoms with Crippen LogP contribution < -0.4 is 4.74 Å². The van der Waals surface area contributed by atoms with Crippen molar-refractivity contribution in [3.63, 3.8) is 0 Å². The molecule has 1 saturated heterocycles. The van der Waals surface area contributed by atoms with Gasteiger partial charge >= 0.3 is 5.97 Å². The Morgan fingerprint density at radius 3 is 2.50 bits per heavy atom. The summed E-state index contributed by atoms with van der Waals surface area (Å²) in [6.45, 7) is 3.39. The molecule has 0 amide bonds. The fourth-order valence-electron chi connectivity index (χ4n) is 3.24. The Labute approximate surface area is 142 Å². The maximum Gasteiger partial charge on any atom is 0.327 e. The number of aliphatic carboxylic acids is 1. The Morgan fingerprint density at radius 2 is 1.96 bits per heavy atom. The van der Waals surface area contributed by atoms with E-state index >= 15 is 0 Å². The first-order valence-electron chi connectivity index (χ1n) is 7.61. The van der Waals surface area contributed by atoms with Gasteiger partial charge in [-0.25, -0.2) is 8.42 Å². The number of hydrogen-bond donors (Lipinski definition) is 1. The molecular formula is C16H23NO6S. The highest BCUT2D eigenvalue weighted by Crippen LogP contribution is 2.37. The molecule has 0 spiro atoms. The van der Waals surface area contributed by atoms with Crippen molar-refractivity contribution in [1.29, 1.82) is 0 Å². The summed E-state index contributed by atoms with van der Waals surface area (Å²) in [6, 6.07) is 3.18. The standard InChI is InChI=1S/C16H23NO6S/c1-11-9-14(12(2)8-13(11)23-4)24(20,21)17-7-5-6-16(17,10-22-3)15(18)19/h8-9H,5-7,10H2,1-4H3,(H,18,19). The summed E-state index contributed by atoms with van der Waals surface area (Å²) < 4.78 is 37.7. The number of carboxylic acid groups (broad SMARTS) is 1. The highest BCUT2D eigenvalue weighted by Gasteiger charge is 2.53. The van der Waals surface area contributed by atoms with Crippen LogP contribution in [0.2, 0.25) is 0 Å². The van der Waals surface area contributed by atoms with Crippen molar-refractivity contribution in [1.82, 2.24) is 4.31 Å². The Hall–Kier alpha value is -1.64. The summed E-state index contributed by atoms with van der Waals surface area (Å²) in [4.78, 5) is 11.9. The van der Waals surface area contributed by atoms with Gasteiger partial charge in [0.1, 0.15) is 5.75 Å². The van der Waals surface area contributed by atoms with Crippen LogP contribution in [0.4, 0.5) is 0 Å². The Kier molecular flexibility index (Phi) is 5.22. The van der Waals surface area contributed by atoms with E-state index in [0.29, 0.717) is 23.3 Å². The number of methoxy groups -OCH3 is 2. The van der Waals surface area contributed by atoms with E-state index in [0.717, 1.165) is 4.31 Å². The smallest absolute Gasteiger partial charge is 0.327 e. The first-order chi connectivity index (χ1) is 11.2. The van der Waals surface area contributed by atoms with Crippen molar-refractivity contribution < 1.29 is 27.8 Å². The molecule has 1 aromatic carbocycles. The van der Waals surface area contributed by atoms with E-state index in [1.54, 1.807) is 19.9 Å². The van der Waals surface area contributed by atoms with Crippen LogP contribution in [-0.4, -0.2) is 56.7 Å². The number of carboxylic acids is 1. The molecular weight excluding hydrogens is 334 g/mol.